The molecule has 1 fully saturated rings. The van der Waals surface area contributed by atoms with Gasteiger partial charge in [-0.05, 0) is 28.1 Å². The maximum atomic E-state index is 11.7. The number of hydrogen-bond donors (Lipinski definition) is 0. The summed E-state index contributed by atoms with van der Waals surface area (Å²) in [5, 5.41) is 0.483. The van der Waals surface area contributed by atoms with E-state index in [1.165, 1.54) is 16.7 Å². The van der Waals surface area contributed by atoms with Crippen LogP contribution in [0.4, 0.5) is 5.69 Å². The number of carbonyl (C=O) groups excluding carboxylic acids is 2. The first kappa shape index (κ1) is 12.0. The van der Waals surface area contributed by atoms with Crippen LogP contribution < -0.4 is 4.90 Å². The van der Waals surface area contributed by atoms with Crippen LogP contribution in [0.15, 0.2) is 22.7 Å². The van der Waals surface area contributed by atoms with Gasteiger partial charge in [0.15, 0.2) is 0 Å². The molecule has 1 aliphatic heterocycles. The van der Waals surface area contributed by atoms with Crippen LogP contribution in [-0.4, -0.2) is 23.3 Å². The summed E-state index contributed by atoms with van der Waals surface area (Å²) in [4.78, 5) is 24.6. The van der Waals surface area contributed by atoms with Crippen molar-refractivity contribution in [3.8, 4) is 0 Å². The Morgan fingerprint density at radius 3 is 2.50 bits per heavy atom. The van der Waals surface area contributed by atoms with Crippen LogP contribution in [0.3, 0.4) is 0 Å². The smallest absolute Gasteiger partial charge is 0.243 e. The van der Waals surface area contributed by atoms with Crippen molar-refractivity contribution in [3.05, 3.63) is 27.7 Å². The number of nitrogens with zero attached hydrogens (tertiary/aromatic N) is 1. The molecular formula is C10H7BrClNO2S. The van der Waals surface area contributed by atoms with Gasteiger partial charge in [-0.25, -0.2) is 4.90 Å². The third kappa shape index (κ3) is 2.12. The van der Waals surface area contributed by atoms with Gasteiger partial charge in [0.1, 0.15) is 0 Å². The molecule has 0 spiro atoms. The quantitative estimate of drug-likeness (QED) is 0.747. The summed E-state index contributed by atoms with van der Waals surface area (Å²) in [6.07, 6.45) is 0. The Labute approximate surface area is 110 Å². The highest BCUT2D eigenvalue weighted by molar-refractivity contribution is 9.10. The fourth-order valence-corrected chi connectivity index (χ4v) is 2.75. The van der Waals surface area contributed by atoms with Crippen LogP contribution in [0.5, 0.6) is 0 Å². The van der Waals surface area contributed by atoms with E-state index < -0.39 is 0 Å². The minimum absolute atomic E-state index is 0.204. The zero-order chi connectivity index (χ0) is 11.7. The molecule has 0 aliphatic carbocycles. The predicted octanol–water partition coefficient (Wildman–Crippen LogP) is 2.71. The summed E-state index contributed by atoms with van der Waals surface area (Å²) in [5.41, 5.74) is 0.516. The lowest BCUT2D eigenvalue weighted by atomic mass is 10.2. The molecule has 0 bridgehead atoms. The van der Waals surface area contributed by atoms with Crippen LogP contribution in [-0.2, 0) is 9.59 Å². The third-order valence-electron chi connectivity index (χ3n) is 2.12. The summed E-state index contributed by atoms with van der Waals surface area (Å²) in [7, 11) is 0. The first-order valence-electron chi connectivity index (χ1n) is 4.49. The lowest BCUT2D eigenvalue weighted by Crippen LogP contribution is -2.43. The van der Waals surface area contributed by atoms with Gasteiger partial charge in [-0.2, -0.15) is 0 Å². The highest BCUT2D eigenvalue weighted by Gasteiger charge is 2.29. The number of rotatable bonds is 1. The van der Waals surface area contributed by atoms with Crippen molar-refractivity contribution in [2.24, 2.45) is 0 Å². The van der Waals surface area contributed by atoms with E-state index in [4.69, 9.17) is 11.6 Å². The summed E-state index contributed by atoms with van der Waals surface area (Å²) in [5.74, 6) is 0.239. The lowest BCUT2D eigenvalue weighted by Gasteiger charge is -2.25. The second-order valence-corrected chi connectivity index (χ2v) is 5.37. The lowest BCUT2D eigenvalue weighted by molar-refractivity contribution is -0.124. The number of halogens is 2. The van der Waals surface area contributed by atoms with Gasteiger partial charge in [0.25, 0.3) is 0 Å². The minimum Gasteiger partial charge on any atom is -0.273 e. The van der Waals surface area contributed by atoms with Gasteiger partial charge in [0, 0.05) is 0 Å². The largest absolute Gasteiger partial charge is 0.273 e. The molecule has 0 atom stereocenters. The van der Waals surface area contributed by atoms with Crippen LogP contribution in [0.25, 0.3) is 0 Å². The molecule has 3 nitrogen and oxygen atoms in total. The van der Waals surface area contributed by atoms with E-state index in [2.05, 4.69) is 15.9 Å². The molecule has 16 heavy (non-hydrogen) atoms. The minimum atomic E-state index is -0.204. The molecule has 84 valence electrons. The monoisotopic (exact) mass is 319 g/mol. The van der Waals surface area contributed by atoms with Gasteiger partial charge in [-0.1, -0.05) is 17.7 Å². The van der Waals surface area contributed by atoms with Gasteiger partial charge in [0.2, 0.25) is 11.8 Å². The van der Waals surface area contributed by atoms with Gasteiger partial charge >= 0.3 is 0 Å². The Bertz CT molecular complexity index is 450. The van der Waals surface area contributed by atoms with Crippen molar-refractivity contribution in [2.45, 2.75) is 0 Å². The second kappa shape index (κ2) is 4.77. The van der Waals surface area contributed by atoms with Crippen molar-refractivity contribution < 1.29 is 9.59 Å². The van der Waals surface area contributed by atoms with Crippen LogP contribution in [0.2, 0.25) is 5.02 Å². The molecular weight excluding hydrogens is 314 g/mol. The van der Waals surface area contributed by atoms with E-state index in [1.54, 1.807) is 18.2 Å². The van der Waals surface area contributed by atoms with E-state index in [9.17, 15) is 9.59 Å². The number of benzene rings is 1. The highest BCUT2D eigenvalue weighted by Crippen LogP contribution is 2.34. The molecule has 0 saturated carbocycles. The molecule has 0 N–H and O–H groups in total. The maximum absolute atomic E-state index is 11.7. The summed E-state index contributed by atoms with van der Waals surface area (Å²) in [6.45, 7) is 0. The van der Waals surface area contributed by atoms with Gasteiger partial charge < -0.3 is 0 Å². The van der Waals surface area contributed by atoms with Crippen LogP contribution in [0, 0.1) is 0 Å². The molecule has 6 heteroatoms. The van der Waals surface area contributed by atoms with Gasteiger partial charge in [0.05, 0.1) is 26.7 Å². The van der Waals surface area contributed by atoms with E-state index in [1.807, 2.05) is 0 Å². The highest BCUT2D eigenvalue weighted by atomic mass is 79.9. The van der Waals surface area contributed by atoms with Crippen molar-refractivity contribution in [1.29, 1.82) is 0 Å². The zero-order valence-corrected chi connectivity index (χ0v) is 11.2. The first-order chi connectivity index (χ1) is 7.61. The Morgan fingerprint density at radius 1 is 1.25 bits per heavy atom. The van der Waals surface area contributed by atoms with E-state index >= 15 is 0 Å². The van der Waals surface area contributed by atoms with Crippen LogP contribution >= 0.6 is 39.3 Å². The Hall–Kier alpha value is -0.520. The van der Waals surface area contributed by atoms with E-state index in [0.717, 1.165) is 0 Å². The molecule has 1 aromatic carbocycles. The van der Waals surface area contributed by atoms with Gasteiger partial charge in [-0.3, -0.25) is 9.59 Å². The fraction of sp³-hybridized carbons (Fsp3) is 0.200. The molecule has 0 aromatic heterocycles. The van der Waals surface area contributed by atoms with Crippen molar-refractivity contribution in [2.75, 3.05) is 16.4 Å². The molecule has 1 heterocycles. The maximum Gasteiger partial charge on any atom is 0.243 e. The summed E-state index contributed by atoms with van der Waals surface area (Å²) >= 11 is 10.5. The molecule has 2 rings (SSSR count). The predicted molar refractivity (Wildman–Crippen MR) is 69.0 cm³/mol. The van der Waals surface area contributed by atoms with Crippen LogP contribution in [0.1, 0.15) is 0 Å². The molecule has 1 aliphatic rings. The topological polar surface area (TPSA) is 37.4 Å². The Kier molecular flexibility index (Phi) is 3.56. The molecule has 1 saturated heterocycles. The second-order valence-electron chi connectivity index (χ2n) is 3.19. The molecule has 1 aromatic rings. The Balaban J connectivity index is 2.46. The van der Waals surface area contributed by atoms with E-state index in [0.29, 0.717) is 26.7 Å². The number of anilines is 1. The Morgan fingerprint density at radius 2 is 1.88 bits per heavy atom. The number of hydrogen-bond acceptors (Lipinski definition) is 3. The SMILES string of the molecule is O=C1CSCC(=O)N1c1cccc(Cl)c1Br. The third-order valence-corrected chi connectivity index (χ3v) is 4.40. The normalized spacial score (nSPS) is 16.8. The van der Waals surface area contributed by atoms with Gasteiger partial charge in [-0.15, -0.1) is 11.8 Å². The average molecular weight is 321 g/mol. The van der Waals surface area contributed by atoms with Crippen molar-refractivity contribution in [1.82, 2.24) is 0 Å². The fourth-order valence-electron chi connectivity index (χ4n) is 1.43. The van der Waals surface area contributed by atoms with Crippen molar-refractivity contribution >= 4 is 56.8 Å². The molecule has 0 radical (unpaired) electrons. The number of amides is 2. The van der Waals surface area contributed by atoms with E-state index in [-0.39, 0.29) is 11.8 Å². The number of thioether (sulfide) groups is 1. The summed E-state index contributed by atoms with van der Waals surface area (Å²) in [6, 6.07) is 5.11. The average Bonchev–Trinajstić information content (AvgIpc) is 2.24. The zero-order valence-electron chi connectivity index (χ0n) is 8.07. The standard InChI is InChI=1S/C10H7BrClNO2S/c11-10-6(12)2-1-3-7(10)13-8(14)4-16-5-9(13)15/h1-3H,4-5H2. The number of imide groups is 1. The summed E-state index contributed by atoms with van der Waals surface area (Å²) < 4.78 is 0.574. The molecule has 0 unspecified atom stereocenters. The molecule has 2 amide bonds. The van der Waals surface area contributed by atoms with Crippen molar-refractivity contribution in [3.63, 3.8) is 0 Å². The first-order valence-corrected chi connectivity index (χ1v) is 6.81. The number of carbonyl (C=O) groups is 2.